The number of carbonyl (C=O) groups is 5. The fraction of sp³-hybridized carbons (Fsp3) is 0.676. The second-order valence-corrected chi connectivity index (χ2v) is 11.6. The van der Waals surface area contributed by atoms with Crippen LogP contribution in [0.4, 0.5) is 5.69 Å². The third kappa shape index (κ3) is 20.5. The van der Waals surface area contributed by atoms with Crippen LogP contribution >= 0.6 is 0 Å². The highest BCUT2D eigenvalue weighted by Gasteiger charge is 2.22. The van der Waals surface area contributed by atoms with Crippen LogP contribution in [0.2, 0.25) is 0 Å². The standard InChI is InChI=1S/C34H55N3O7/c1-2-3-4-5-6-7-8-9-10-11-12-13-14-15-16-18-30(38)36-28-22-20-27(21-23-28)33(43)37-29(24-25-32(41)42)34(44)35-26-17-19-31(39)40/h20-23,29H,2-19,24-26H2,1H3,(H,35,44)(H,36,38)(H,37,43)(H,39,40)(H,41,42)/t29-/m1/s1. The number of unbranched alkanes of at least 4 members (excludes halogenated alkanes) is 14. The summed E-state index contributed by atoms with van der Waals surface area (Å²) in [4.78, 5) is 59.2. The van der Waals surface area contributed by atoms with Gasteiger partial charge in [-0.1, -0.05) is 96.8 Å². The Morgan fingerprint density at radius 3 is 1.64 bits per heavy atom. The van der Waals surface area contributed by atoms with Gasteiger partial charge >= 0.3 is 11.9 Å². The number of amides is 3. The lowest BCUT2D eigenvalue weighted by atomic mass is 10.0. The van der Waals surface area contributed by atoms with Crippen LogP contribution in [0.25, 0.3) is 0 Å². The van der Waals surface area contributed by atoms with Crippen LogP contribution in [0.3, 0.4) is 0 Å². The molecule has 248 valence electrons. The molecule has 1 atom stereocenters. The van der Waals surface area contributed by atoms with E-state index in [0.717, 1.165) is 19.3 Å². The zero-order valence-electron chi connectivity index (χ0n) is 26.7. The Bertz CT molecular complexity index is 982. The summed E-state index contributed by atoms with van der Waals surface area (Å²) in [6.45, 7) is 2.35. The van der Waals surface area contributed by atoms with E-state index in [1.54, 1.807) is 12.1 Å². The maximum absolute atomic E-state index is 12.7. The summed E-state index contributed by atoms with van der Waals surface area (Å²) in [5, 5.41) is 25.6. The molecule has 0 aliphatic rings. The van der Waals surface area contributed by atoms with Gasteiger partial charge in [0, 0.05) is 37.1 Å². The molecule has 1 aromatic rings. The van der Waals surface area contributed by atoms with Crippen LogP contribution in [0.1, 0.15) is 146 Å². The van der Waals surface area contributed by atoms with Gasteiger partial charge < -0.3 is 26.2 Å². The molecule has 0 fully saturated rings. The minimum Gasteiger partial charge on any atom is -0.481 e. The molecule has 10 heteroatoms. The van der Waals surface area contributed by atoms with Gasteiger partial charge in [0.15, 0.2) is 0 Å². The van der Waals surface area contributed by atoms with Crippen LogP contribution in [0.5, 0.6) is 0 Å². The molecule has 0 heterocycles. The molecule has 0 aromatic heterocycles. The van der Waals surface area contributed by atoms with Crippen molar-refractivity contribution in [1.29, 1.82) is 0 Å². The van der Waals surface area contributed by atoms with Crippen molar-refractivity contribution in [3.63, 3.8) is 0 Å². The Morgan fingerprint density at radius 2 is 1.14 bits per heavy atom. The predicted molar refractivity (Wildman–Crippen MR) is 173 cm³/mol. The highest BCUT2D eigenvalue weighted by atomic mass is 16.4. The number of rotatable bonds is 27. The molecule has 0 aliphatic carbocycles. The first-order valence-electron chi connectivity index (χ1n) is 16.6. The quantitative estimate of drug-likeness (QED) is 0.0676. The molecule has 1 aromatic carbocycles. The molecule has 1 rings (SSSR count). The van der Waals surface area contributed by atoms with E-state index in [2.05, 4.69) is 22.9 Å². The number of hydrogen-bond donors (Lipinski definition) is 5. The number of carboxylic acid groups (broad SMARTS) is 2. The van der Waals surface area contributed by atoms with Gasteiger partial charge in [0.2, 0.25) is 11.8 Å². The van der Waals surface area contributed by atoms with E-state index in [0.29, 0.717) is 12.1 Å². The summed E-state index contributed by atoms with van der Waals surface area (Å²) < 4.78 is 0. The highest BCUT2D eigenvalue weighted by Crippen LogP contribution is 2.15. The third-order valence-corrected chi connectivity index (χ3v) is 7.57. The number of nitrogens with one attached hydrogen (secondary N) is 3. The summed E-state index contributed by atoms with van der Waals surface area (Å²) in [6.07, 6.45) is 19.1. The minimum absolute atomic E-state index is 0.0785. The lowest BCUT2D eigenvalue weighted by molar-refractivity contribution is -0.138. The first-order valence-corrected chi connectivity index (χ1v) is 16.6. The molecule has 0 bridgehead atoms. The van der Waals surface area contributed by atoms with Crippen molar-refractivity contribution in [2.24, 2.45) is 0 Å². The first kappa shape index (κ1) is 38.6. The molecular weight excluding hydrogens is 562 g/mol. The number of anilines is 1. The topological polar surface area (TPSA) is 162 Å². The van der Waals surface area contributed by atoms with Crippen molar-refractivity contribution in [1.82, 2.24) is 10.6 Å². The maximum Gasteiger partial charge on any atom is 0.303 e. The summed E-state index contributed by atoms with van der Waals surface area (Å²) in [5.74, 6) is -3.30. The van der Waals surface area contributed by atoms with Gasteiger partial charge in [0.25, 0.3) is 5.91 Å². The summed E-state index contributed by atoms with van der Waals surface area (Å²) in [6, 6.07) is 5.18. The van der Waals surface area contributed by atoms with Crippen molar-refractivity contribution in [3.05, 3.63) is 29.8 Å². The monoisotopic (exact) mass is 617 g/mol. The van der Waals surface area contributed by atoms with Gasteiger partial charge in [-0.2, -0.15) is 0 Å². The molecular formula is C34H55N3O7. The Labute approximate surface area is 263 Å². The SMILES string of the molecule is CCCCCCCCCCCCCCCCCC(=O)Nc1ccc(C(=O)N[C@H](CCC(=O)O)C(=O)NCCCC(=O)O)cc1. The van der Waals surface area contributed by atoms with Crippen LogP contribution in [0, 0.1) is 0 Å². The fourth-order valence-corrected chi connectivity index (χ4v) is 4.94. The van der Waals surface area contributed by atoms with E-state index >= 15 is 0 Å². The number of carboxylic acids is 2. The van der Waals surface area contributed by atoms with Gasteiger partial charge in [-0.3, -0.25) is 24.0 Å². The number of carbonyl (C=O) groups excluding carboxylic acids is 3. The predicted octanol–water partition coefficient (Wildman–Crippen LogP) is 6.83. The normalized spacial score (nSPS) is 11.5. The van der Waals surface area contributed by atoms with Gasteiger partial charge in [-0.15, -0.1) is 0 Å². The summed E-state index contributed by atoms with van der Waals surface area (Å²) >= 11 is 0. The second-order valence-electron chi connectivity index (χ2n) is 11.6. The molecule has 0 aliphatic heterocycles. The van der Waals surface area contributed by atoms with Crippen molar-refractivity contribution >= 4 is 35.3 Å². The molecule has 0 spiro atoms. The van der Waals surface area contributed by atoms with Gasteiger partial charge in [-0.05, 0) is 43.5 Å². The van der Waals surface area contributed by atoms with E-state index in [1.807, 2.05) is 0 Å². The highest BCUT2D eigenvalue weighted by molar-refractivity contribution is 5.98. The molecule has 0 saturated carbocycles. The van der Waals surface area contributed by atoms with Crippen molar-refractivity contribution in [2.75, 3.05) is 11.9 Å². The van der Waals surface area contributed by atoms with Gasteiger partial charge in [-0.25, -0.2) is 0 Å². The molecule has 0 unspecified atom stereocenters. The third-order valence-electron chi connectivity index (χ3n) is 7.57. The molecule has 0 radical (unpaired) electrons. The first-order chi connectivity index (χ1) is 21.2. The van der Waals surface area contributed by atoms with Crippen molar-refractivity contribution in [2.45, 2.75) is 141 Å². The Hall–Kier alpha value is -3.43. The Kier molecular flexibility index (Phi) is 21.9. The summed E-state index contributed by atoms with van der Waals surface area (Å²) in [7, 11) is 0. The van der Waals surface area contributed by atoms with Crippen molar-refractivity contribution in [3.8, 4) is 0 Å². The van der Waals surface area contributed by atoms with Crippen LogP contribution in [-0.4, -0.2) is 52.5 Å². The second kappa shape index (κ2) is 25.0. The Balaban J connectivity index is 2.27. The fourth-order valence-electron chi connectivity index (χ4n) is 4.94. The van der Waals surface area contributed by atoms with E-state index in [4.69, 9.17) is 10.2 Å². The zero-order valence-corrected chi connectivity index (χ0v) is 26.7. The molecule has 44 heavy (non-hydrogen) atoms. The Morgan fingerprint density at radius 1 is 0.636 bits per heavy atom. The van der Waals surface area contributed by atoms with E-state index in [1.165, 1.54) is 89.2 Å². The van der Waals surface area contributed by atoms with E-state index in [9.17, 15) is 24.0 Å². The maximum atomic E-state index is 12.7. The molecule has 10 nitrogen and oxygen atoms in total. The van der Waals surface area contributed by atoms with E-state index < -0.39 is 29.8 Å². The average Bonchev–Trinajstić information content (AvgIpc) is 2.99. The lowest BCUT2D eigenvalue weighted by Crippen LogP contribution is -2.47. The largest absolute Gasteiger partial charge is 0.481 e. The van der Waals surface area contributed by atoms with Crippen molar-refractivity contribution < 1.29 is 34.2 Å². The zero-order chi connectivity index (χ0) is 32.4. The minimum atomic E-state index is -1.10. The molecule has 3 amide bonds. The van der Waals surface area contributed by atoms with E-state index in [-0.39, 0.29) is 43.7 Å². The lowest BCUT2D eigenvalue weighted by Gasteiger charge is -2.18. The van der Waals surface area contributed by atoms with Crippen LogP contribution in [0.15, 0.2) is 24.3 Å². The van der Waals surface area contributed by atoms with Gasteiger partial charge in [0.1, 0.15) is 6.04 Å². The van der Waals surface area contributed by atoms with Gasteiger partial charge in [0.05, 0.1) is 0 Å². The smallest absolute Gasteiger partial charge is 0.303 e. The molecule has 5 N–H and O–H groups in total. The number of aliphatic carboxylic acids is 2. The average molecular weight is 618 g/mol. The van der Waals surface area contributed by atoms with Crippen LogP contribution < -0.4 is 16.0 Å². The van der Waals surface area contributed by atoms with Crippen LogP contribution in [-0.2, 0) is 19.2 Å². The number of benzene rings is 1. The number of hydrogen-bond acceptors (Lipinski definition) is 5. The summed E-state index contributed by atoms with van der Waals surface area (Å²) in [5.41, 5.74) is 0.815. The molecule has 0 saturated heterocycles.